The summed E-state index contributed by atoms with van der Waals surface area (Å²) in [4.78, 5) is 24.8. The lowest BCUT2D eigenvalue weighted by Gasteiger charge is -2.37. The molecule has 2 saturated carbocycles. The Morgan fingerprint density at radius 1 is 0.972 bits per heavy atom. The number of ether oxygens (including phenoxy) is 1. The van der Waals surface area contributed by atoms with Gasteiger partial charge in [0.1, 0.15) is 5.75 Å². The molecule has 2 aromatic carbocycles. The van der Waals surface area contributed by atoms with Gasteiger partial charge in [0.15, 0.2) is 14.6 Å². The molecule has 0 bridgehead atoms. The maximum Gasteiger partial charge on any atom is 0.265 e. The van der Waals surface area contributed by atoms with Gasteiger partial charge in [0.05, 0.1) is 11.5 Å². The topological polar surface area (TPSA) is 122 Å². The molecular formula is C27H34N2O6S. The molecule has 0 aliphatic heterocycles. The number of hydrogen-bond donors (Lipinski definition) is 3. The van der Waals surface area contributed by atoms with Gasteiger partial charge in [-0.3, -0.25) is 14.8 Å². The fourth-order valence-corrected chi connectivity index (χ4v) is 7.09. The van der Waals surface area contributed by atoms with Crippen molar-refractivity contribution in [1.29, 1.82) is 0 Å². The van der Waals surface area contributed by atoms with Gasteiger partial charge in [-0.1, -0.05) is 17.7 Å². The zero-order valence-corrected chi connectivity index (χ0v) is 21.4. The Kier molecular flexibility index (Phi) is 8.00. The third kappa shape index (κ3) is 5.57. The van der Waals surface area contributed by atoms with E-state index in [4.69, 9.17) is 4.74 Å². The largest absolute Gasteiger partial charge is 0.494 e. The average Bonchev–Trinajstić information content (AvgIpc) is 3.74. The first-order valence-electron chi connectivity index (χ1n) is 12.5. The number of aryl methyl sites for hydroxylation is 1. The van der Waals surface area contributed by atoms with Crippen molar-refractivity contribution in [2.45, 2.75) is 61.5 Å². The minimum Gasteiger partial charge on any atom is -0.494 e. The highest BCUT2D eigenvalue weighted by atomic mass is 32.2. The maximum atomic E-state index is 13.6. The number of hydrogen-bond acceptors (Lipinski definition) is 6. The summed E-state index contributed by atoms with van der Waals surface area (Å²) in [5.74, 6) is 0.603. The first-order valence-corrected chi connectivity index (χ1v) is 14.0. The van der Waals surface area contributed by atoms with Gasteiger partial charge < -0.3 is 10.1 Å². The average molecular weight is 515 g/mol. The van der Waals surface area contributed by atoms with E-state index in [-0.39, 0.29) is 23.6 Å². The molecule has 0 heterocycles. The van der Waals surface area contributed by atoms with Crippen molar-refractivity contribution in [3.8, 4) is 5.75 Å². The number of rotatable bonds is 10. The van der Waals surface area contributed by atoms with Gasteiger partial charge in [-0.2, -0.15) is 0 Å². The summed E-state index contributed by atoms with van der Waals surface area (Å²) in [6.45, 7) is 2.75. The van der Waals surface area contributed by atoms with Crippen molar-refractivity contribution in [2.75, 3.05) is 13.2 Å². The number of carbonyl (C=O) groups excluding carboxylic acids is 2. The number of nitrogens with one attached hydrogen (secondary N) is 2. The smallest absolute Gasteiger partial charge is 0.265 e. The van der Waals surface area contributed by atoms with Crippen molar-refractivity contribution in [2.24, 2.45) is 11.8 Å². The van der Waals surface area contributed by atoms with E-state index >= 15 is 0 Å². The molecule has 0 atom stereocenters. The van der Waals surface area contributed by atoms with Crippen LogP contribution in [-0.2, 0) is 14.6 Å². The number of benzene rings is 2. The fourth-order valence-electron chi connectivity index (χ4n) is 5.08. The molecule has 0 spiro atoms. The Labute approximate surface area is 212 Å². The van der Waals surface area contributed by atoms with E-state index in [9.17, 15) is 23.2 Å². The van der Waals surface area contributed by atoms with Crippen molar-refractivity contribution in [1.82, 2.24) is 10.8 Å². The minimum absolute atomic E-state index is 0.0358. The highest BCUT2D eigenvalue weighted by Crippen LogP contribution is 2.49. The van der Waals surface area contributed by atoms with Crippen molar-refractivity contribution in [3.63, 3.8) is 0 Å². The van der Waals surface area contributed by atoms with Crippen LogP contribution in [0.4, 0.5) is 0 Å². The zero-order valence-electron chi connectivity index (χ0n) is 20.5. The van der Waals surface area contributed by atoms with E-state index in [1.165, 1.54) is 25.0 Å². The molecule has 194 valence electrons. The van der Waals surface area contributed by atoms with Crippen LogP contribution in [0, 0.1) is 18.8 Å². The van der Waals surface area contributed by atoms with Gasteiger partial charge in [0.2, 0.25) is 0 Å². The lowest BCUT2D eigenvalue weighted by Crippen LogP contribution is -2.53. The van der Waals surface area contributed by atoms with E-state index in [1.54, 1.807) is 29.7 Å². The van der Waals surface area contributed by atoms with Gasteiger partial charge in [-0.05, 0) is 100 Å². The lowest BCUT2D eigenvalue weighted by molar-refractivity contribution is -0.133. The highest BCUT2D eigenvalue weighted by molar-refractivity contribution is 7.93. The normalized spacial score (nSPS) is 22.0. The molecule has 2 aromatic rings. The Morgan fingerprint density at radius 3 is 2.17 bits per heavy atom. The Hall–Kier alpha value is -2.91. The molecule has 9 heteroatoms. The van der Waals surface area contributed by atoms with Crippen LogP contribution in [-0.4, -0.2) is 43.3 Å². The summed E-state index contributed by atoms with van der Waals surface area (Å²) in [7, 11) is -4.02. The highest BCUT2D eigenvalue weighted by Gasteiger charge is 2.54. The van der Waals surface area contributed by atoms with Crippen LogP contribution in [0.15, 0.2) is 53.4 Å². The van der Waals surface area contributed by atoms with Crippen LogP contribution in [0.2, 0.25) is 0 Å². The van der Waals surface area contributed by atoms with Gasteiger partial charge >= 0.3 is 0 Å². The summed E-state index contributed by atoms with van der Waals surface area (Å²) in [5.41, 5.74) is 3.30. The second-order valence-electron chi connectivity index (χ2n) is 9.91. The van der Waals surface area contributed by atoms with E-state index < -0.39 is 20.5 Å². The summed E-state index contributed by atoms with van der Waals surface area (Å²) in [6, 6.07) is 13.4. The molecule has 3 N–H and O–H groups in total. The molecule has 4 rings (SSSR count). The van der Waals surface area contributed by atoms with Gasteiger partial charge in [0, 0.05) is 12.1 Å². The second kappa shape index (κ2) is 11.0. The van der Waals surface area contributed by atoms with E-state index in [0.717, 1.165) is 5.56 Å². The summed E-state index contributed by atoms with van der Waals surface area (Å²) >= 11 is 0. The molecule has 2 amide bonds. The summed E-state index contributed by atoms with van der Waals surface area (Å²) in [6.07, 6.45) is 4.68. The van der Waals surface area contributed by atoms with Crippen LogP contribution in [0.25, 0.3) is 0 Å². The molecule has 8 nitrogen and oxygen atoms in total. The van der Waals surface area contributed by atoms with E-state index in [2.05, 4.69) is 5.32 Å². The monoisotopic (exact) mass is 514 g/mol. The Morgan fingerprint density at radius 2 is 1.58 bits per heavy atom. The molecule has 2 fully saturated rings. The number of sulfone groups is 1. The molecule has 0 unspecified atom stereocenters. The van der Waals surface area contributed by atoms with Crippen molar-refractivity contribution in [3.05, 3.63) is 59.7 Å². The van der Waals surface area contributed by atoms with Crippen LogP contribution >= 0.6 is 0 Å². The fraction of sp³-hybridized carbons (Fsp3) is 0.481. The molecule has 0 radical (unpaired) electrons. The number of amides is 2. The quantitative estimate of drug-likeness (QED) is 0.252. The van der Waals surface area contributed by atoms with Crippen LogP contribution < -0.4 is 15.5 Å². The number of carbonyl (C=O) groups is 2. The van der Waals surface area contributed by atoms with Crippen LogP contribution in [0.1, 0.15) is 60.9 Å². The van der Waals surface area contributed by atoms with E-state index in [0.29, 0.717) is 55.6 Å². The SMILES string of the molecule is Cc1ccc(C(=O)NCCCOc2ccc(S(=O)(=O)C3(C(=O)NO)CCC(C4CC4)CC3)cc2)cc1. The lowest BCUT2D eigenvalue weighted by atomic mass is 9.78. The Bertz CT molecular complexity index is 1170. The third-order valence-electron chi connectivity index (χ3n) is 7.48. The third-order valence-corrected chi connectivity index (χ3v) is 9.99. The second-order valence-corrected chi connectivity index (χ2v) is 12.2. The molecule has 0 aromatic heterocycles. The predicted molar refractivity (Wildman–Crippen MR) is 135 cm³/mol. The predicted octanol–water partition coefficient (Wildman–Crippen LogP) is 3.81. The van der Waals surface area contributed by atoms with Crippen molar-refractivity contribution < 1.29 is 28.0 Å². The molecular weight excluding hydrogens is 480 g/mol. The molecule has 36 heavy (non-hydrogen) atoms. The molecule has 0 saturated heterocycles. The van der Waals surface area contributed by atoms with E-state index in [1.807, 2.05) is 19.1 Å². The summed E-state index contributed by atoms with van der Waals surface area (Å²) < 4.78 is 31.2. The van der Waals surface area contributed by atoms with Gasteiger partial charge in [0.25, 0.3) is 11.8 Å². The van der Waals surface area contributed by atoms with Crippen LogP contribution in [0.5, 0.6) is 5.75 Å². The molecule has 2 aliphatic carbocycles. The summed E-state index contributed by atoms with van der Waals surface area (Å²) in [5, 5.41) is 12.2. The molecule has 2 aliphatic rings. The first kappa shape index (κ1) is 26.2. The first-order chi connectivity index (χ1) is 17.3. The zero-order chi connectivity index (χ0) is 25.8. The van der Waals surface area contributed by atoms with Crippen molar-refractivity contribution >= 4 is 21.7 Å². The number of hydroxylamine groups is 1. The Balaban J connectivity index is 1.31. The van der Waals surface area contributed by atoms with Gasteiger partial charge in [-0.15, -0.1) is 0 Å². The minimum atomic E-state index is -4.02. The standard InChI is InChI=1S/C27H34N2O6S/c1-19-3-5-22(6-4-19)25(30)28-17-2-18-35-23-9-11-24(12-10-23)36(33,34)27(26(31)29-32)15-13-21(14-16-27)20-7-8-20/h3-6,9-12,20-21,32H,2,7-8,13-18H2,1H3,(H,28,30)(H,29,31). The van der Waals surface area contributed by atoms with Crippen LogP contribution in [0.3, 0.4) is 0 Å². The van der Waals surface area contributed by atoms with Gasteiger partial charge in [-0.25, -0.2) is 13.9 Å². The maximum absolute atomic E-state index is 13.6.